The zero-order chi connectivity index (χ0) is 18.8. The van der Waals surface area contributed by atoms with Gasteiger partial charge in [0, 0.05) is 17.2 Å². The lowest BCUT2D eigenvalue weighted by atomic mass is 9.97. The van der Waals surface area contributed by atoms with E-state index in [0.29, 0.717) is 39.4 Å². The summed E-state index contributed by atoms with van der Waals surface area (Å²) in [5.74, 6) is 1.98. The van der Waals surface area contributed by atoms with E-state index in [2.05, 4.69) is 13.8 Å². The molecular formula is C21H19NO4. The molecular weight excluding hydrogens is 330 g/mol. The van der Waals surface area contributed by atoms with Crippen molar-refractivity contribution in [1.29, 1.82) is 5.26 Å². The predicted molar refractivity (Wildman–Crippen MR) is 99.8 cm³/mol. The van der Waals surface area contributed by atoms with Gasteiger partial charge < -0.3 is 13.9 Å². The summed E-state index contributed by atoms with van der Waals surface area (Å²) < 4.78 is 17.0. The Morgan fingerprint density at radius 2 is 1.69 bits per heavy atom. The number of hydrogen-bond donors (Lipinski definition) is 0. The number of hydrogen-bond acceptors (Lipinski definition) is 5. The second-order valence-electron chi connectivity index (χ2n) is 6.25. The molecule has 2 aromatic carbocycles. The van der Waals surface area contributed by atoms with Crippen LogP contribution in [0, 0.1) is 11.3 Å². The third-order valence-corrected chi connectivity index (χ3v) is 4.26. The normalized spacial score (nSPS) is 10.8. The fourth-order valence-corrected chi connectivity index (χ4v) is 3.02. The quantitative estimate of drug-likeness (QED) is 0.695. The molecule has 132 valence electrons. The Balaban J connectivity index is 2.24. The molecule has 5 nitrogen and oxygen atoms in total. The van der Waals surface area contributed by atoms with Crippen LogP contribution in [-0.2, 0) is 0 Å². The third kappa shape index (κ3) is 3.02. The van der Waals surface area contributed by atoms with Gasteiger partial charge in [0.2, 0.25) is 0 Å². The first-order valence-electron chi connectivity index (χ1n) is 8.22. The average Bonchev–Trinajstić information content (AvgIpc) is 2.66. The number of methoxy groups -OCH3 is 2. The number of fused-ring (bicyclic) bond motifs is 1. The average molecular weight is 349 g/mol. The highest BCUT2D eigenvalue weighted by Crippen LogP contribution is 2.39. The Kier molecular flexibility index (Phi) is 4.68. The van der Waals surface area contributed by atoms with Crippen LogP contribution in [0.15, 0.2) is 45.6 Å². The first kappa shape index (κ1) is 17.6. The summed E-state index contributed by atoms with van der Waals surface area (Å²) in [4.78, 5) is 12.5. The van der Waals surface area contributed by atoms with Crippen molar-refractivity contribution in [2.45, 2.75) is 19.8 Å². The van der Waals surface area contributed by atoms with Gasteiger partial charge in [-0.05, 0) is 36.2 Å². The van der Waals surface area contributed by atoms with Gasteiger partial charge in [-0.25, -0.2) is 0 Å². The molecule has 0 radical (unpaired) electrons. The van der Waals surface area contributed by atoms with E-state index in [4.69, 9.17) is 19.2 Å². The molecule has 0 N–H and O–H groups in total. The Morgan fingerprint density at radius 3 is 2.23 bits per heavy atom. The summed E-state index contributed by atoms with van der Waals surface area (Å²) in [5, 5.41) is 9.38. The molecule has 0 saturated heterocycles. The van der Waals surface area contributed by atoms with E-state index in [1.807, 2.05) is 18.2 Å². The van der Waals surface area contributed by atoms with Crippen LogP contribution in [0.25, 0.3) is 22.3 Å². The first-order valence-corrected chi connectivity index (χ1v) is 8.22. The molecule has 0 aliphatic rings. The van der Waals surface area contributed by atoms with E-state index in [1.54, 1.807) is 26.4 Å². The SMILES string of the molecule is COc1cc(-c2cc(=O)c3cc(C#N)ccc3o2)cc(OC)c1C(C)C. The Morgan fingerprint density at radius 1 is 1.04 bits per heavy atom. The van der Waals surface area contributed by atoms with Crippen LogP contribution in [0.2, 0.25) is 0 Å². The minimum atomic E-state index is -0.204. The van der Waals surface area contributed by atoms with Gasteiger partial charge in [0.25, 0.3) is 0 Å². The molecule has 0 aliphatic heterocycles. The standard InChI is InChI=1S/C21H19NO4/c1-12(2)21-19(24-3)8-14(9-20(21)25-4)18-10-16(23)15-7-13(11-22)5-6-17(15)26-18/h5-10,12H,1-4H3. The van der Waals surface area contributed by atoms with Crippen molar-refractivity contribution in [3.63, 3.8) is 0 Å². The van der Waals surface area contributed by atoms with Crippen molar-refractivity contribution in [3.05, 3.63) is 57.7 Å². The monoisotopic (exact) mass is 349 g/mol. The molecule has 0 amide bonds. The predicted octanol–water partition coefficient (Wildman–Crippen LogP) is 4.47. The third-order valence-electron chi connectivity index (χ3n) is 4.26. The summed E-state index contributed by atoms with van der Waals surface area (Å²) in [6.07, 6.45) is 0. The molecule has 26 heavy (non-hydrogen) atoms. The van der Waals surface area contributed by atoms with Gasteiger partial charge in [-0.2, -0.15) is 5.26 Å². The molecule has 0 fully saturated rings. The van der Waals surface area contributed by atoms with E-state index in [-0.39, 0.29) is 11.3 Å². The molecule has 0 unspecified atom stereocenters. The van der Waals surface area contributed by atoms with Crippen molar-refractivity contribution in [1.82, 2.24) is 0 Å². The molecule has 5 heteroatoms. The maximum atomic E-state index is 12.5. The lowest BCUT2D eigenvalue weighted by Crippen LogP contribution is -2.02. The highest BCUT2D eigenvalue weighted by Gasteiger charge is 2.18. The lowest BCUT2D eigenvalue weighted by Gasteiger charge is -2.17. The highest BCUT2D eigenvalue weighted by atomic mass is 16.5. The smallest absolute Gasteiger partial charge is 0.193 e. The van der Waals surface area contributed by atoms with Gasteiger partial charge >= 0.3 is 0 Å². The number of nitriles is 1. The van der Waals surface area contributed by atoms with Crippen LogP contribution >= 0.6 is 0 Å². The molecule has 0 saturated carbocycles. The van der Waals surface area contributed by atoms with Gasteiger partial charge in [-0.15, -0.1) is 0 Å². The molecule has 3 rings (SSSR count). The van der Waals surface area contributed by atoms with Crippen molar-refractivity contribution >= 4 is 11.0 Å². The van der Waals surface area contributed by atoms with Crippen molar-refractivity contribution in [3.8, 4) is 28.9 Å². The molecule has 1 aromatic heterocycles. The van der Waals surface area contributed by atoms with Crippen LogP contribution in [0.1, 0.15) is 30.9 Å². The van der Waals surface area contributed by atoms with Crippen LogP contribution in [-0.4, -0.2) is 14.2 Å². The number of ether oxygens (including phenoxy) is 2. The van der Waals surface area contributed by atoms with Crippen LogP contribution in [0.4, 0.5) is 0 Å². The van der Waals surface area contributed by atoms with E-state index < -0.39 is 0 Å². The van der Waals surface area contributed by atoms with Crippen LogP contribution < -0.4 is 14.9 Å². The molecule has 0 atom stereocenters. The van der Waals surface area contributed by atoms with E-state index >= 15 is 0 Å². The van der Waals surface area contributed by atoms with Crippen LogP contribution in [0.3, 0.4) is 0 Å². The zero-order valence-electron chi connectivity index (χ0n) is 15.1. The Labute approximate surface area is 151 Å². The minimum absolute atomic E-state index is 0.204. The summed E-state index contributed by atoms with van der Waals surface area (Å²) in [6.45, 7) is 4.12. The maximum absolute atomic E-state index is 12.5. The Hall–Kier alpha value is -3.26. The van der Waals surface area contributed by atoms with E-state index in [0.717, 1.165) is 5.56 Å². The zero-order valence-corrected chi connectivity index (χ0v) is 15.1. The second kappa shape index (κ2) is 6.93. The summed E-state index contributed by atoms with van der Waals surface area (Å²) in [5.41, 5.74) is 2.29. The molecule has 1 heterocycles. The van der Waals surface area contributed by atoms with Crippen molar-refractivity contribution in [2.24, 2.45) is 0 Å². The summed E-state index contributed by atoms with van der Waals surface area (Å²) >= 11 is 0. The molecule has 3 aromatic rings. The largest absolute Gasteiger partial charge is 0.496 e. The summed E-state index contributed by atoms with van der Waals surface area (Å²) in [7, 11) is 3.20. The number of benzene rings is 2. The molecule has 0 spiro atoms. The second-order valence-corrected chi connectivity index (χ2v) is 6.25. The van der Waals surface area contributed by atoms with Crippen LogP contribution in [0.5, 0.6) is 11.5 Å². The number of nitrogens with zero attached hydrogens (tertiary/aromatic N) is 1. The van der Waals surface area contributed by atoms with Gasteiger partial charge in [-0.1, -0.05) is 13.8 Å². The molecule has 0 aliphatic carbocycles. The van der Waals surface area contributed by atoms with Gasteiger partial charge in [0.1, 0.15) is 22.8 Å². The van der Waals surface area contributed by atoms with Crippen molar-refractivity contribution in [2.75, 3.05) is 14.2 Å². The van der Waals surface area contributed by atoms with Gasteiger partial charge in [0.05, 0.1) is 31.2 Å². The number of rotatable bonds is 4. The highest BCUT2D eigenvalue weighted by molar-refractivity contribution is 5.80. The fraction of sp³-hybridized carbons (Fsp3) is 0.238. The van der Waals surface area contributed by atoms with E-state index in [1.165, 1.54) is 12.1 Å². The summed E-state index contributed by atoms with van der Waals surface area (Å²) in [6, 6.07) is 11.9. The lowest BCUT2D eigenvalue weighted by molar-refractivity contribution is 0.382. The van der Waals surface area contributed by atoms with Gasteiger partial charge in [0.15, 0.2) is 5.43 Å². The van der Waals surface area contributed by atoms with E-state index in [9.17, 15) is 4.79 Å². The van der Waals surface area contributed by atoms with Crippen molar-refractivity contribution < 1.29 is 13.9 Å². The minimum Gasteiger partial charge on any atom is -0.496 e. The maximum Gasteiger partial charge on any atom is 0.193 e. The Bertz CT molecular complexity index is 1050. The van der Waals surface area contributed by atoms with Gasteiger partial charge in [-0.3, -0.25) is 4.79 Å². The fourth-order valence-electron chi connectivity index (χ4n) is 3.02. The molecule has 0 bridgehead atoms. The topological polar surface area (TPSA) is 72.5 Å². The first-order chi connectivity index (χ1) is 12.5.